The van der Waals surface area contributed by atoms with E-state index in [1.54, 1.807) is 11.8 Å². The SMILES string of the molecule is CCOC(=O)c1c(C#N)nc(SC)nc1N(C)C1CCN(C(=O)OC(C)(C)C)CC1. The number of nitriles is 1. The number of rotatable bonds is 5. The number of carbonyl (C=O) groups excluding carboxylic acids is 2. The van der Waals surface area contributed by atoms with Crippen LogP contribution in [0.3, 0.4) is 0 Å². The van der Waals surface area contributed by atoms with Crippen molar-refractivity contribution in [1.29, 1.82) is 5.26 Å². The highest BCUT2D eigenvalue weighted by atomic mass is 32.2. The van der Waals surface area contributed by atoms with Crippen LogP contribution in [0.5, 0.6) is 0 Å². The fourth-order valence-electron chi connectivity index (χ4n) is 3.18. The molecule has 1 aliphatic heterocycles. The van der Waals surface area contributed by atoms with E-state index in [1.807, 2.05) is 45.0 Å². The molecule has 1 fully saturated rings. The van der Waals surface area contributed by atoms with Gasteiger partial charge in [-0.05, 0) is 46.8 Å². The van der Waals surface area contributed by atoms with Gasteiger partial charge in [0.05, 0.1) is 6.61 Å². The van der Waals surface area contributed by atoms with Gasteiger partial charge < -0.3 is 19.3 Å². The Hall–Kier alpha value is -2.54. The van der Waals surface area contributed by atoms with E-state index in [9.17, 15) is 14.9 Å². The van der Waals surface area contributed by atoms with Crippen molar-refractivity contribution in [3.8, 4) is 6.07 Å². The predicted octanol–water partition coefficient (Wildman–Crippen LogP) is 3.08. The van der Waals surface area contributed by atoms with Crippen LogP contribution in [0.15, 0.2) is 5.16 Å². The second-order valence-corrected chi connectivity index (χ2v) is 8.67. The van der Waals surface area contributed by atoms with Gasteiger partial charge in [0.2, 0.25) is 0 Å². The fourth-order valence-corrected chi connectivity index (χ4v) is 3.54. The summed E-state index contributed by atoms with van der Waals surface area (Å²) in [5, 5.41) is 9.94. The largest absolute Gasteiger partial charge is 0.462 e. The predicted molar refractivity (Wildman–Crippen MR) is 114 cm³/mol. The average Bonchev–Trinajstić information content (AvgIpc) is 2.71. The van der Waals surface area contributed by atoms with Crippen LogP contribution >= 0.6 is 11.8 Å². The highest BCUT2D eigenvalue weighted by molar-refractivity contribution is 7.98. The van der Waals surface area contributed by atoms with Gasteiger partial charge in [-0.25, -0.2) is 19.6 Å². The summed E-state index contributed by atoms with van der Waals surface area (Å²) in [5.41, 5.74) is -0.461. The van der Waals surface area contributed by atoms with Crippen LogP contribution in [0.4, 0.5) is 10.6 Å². The maximum Gasteiger partial charge on any atom is 0.410 e. The lowest BCUT2D eigenvalue weighted by Gasteiger charge is -2.38. The van der Waals surface area contributed by atoms with Crippen molar-refractivity contribution >= 4 is 29.6 Å². The molecule has 0 aliphatic carbocycles. The van der Waals surface area contributed by atoms with Crippen molar-refractivity contribution in [2.45, 2.75) is 57.3 Å². The van der Waals surface area contributed by atoms with Gasteiger partial charge >= 0.3 is 12.1 Å². The zero-order valence-corrected chi connectivity index (χ0v) is 19.2. The lowest BCUT2D eigenvalue weighted by molar-refractivity contribution is 0.0205. The first-order valence-corrected chi connectivity index (χ1v) is 11.1. The Balaban J connectivity index is 2.24. The summed E-state index contributed by atoms with van der Waals surface area (Å²) in [5.74, 6) is -0.241. The van der Waals surface area contributed by atoms with Crippen LogP contribution in [-0.4, -0.2) is 71.6 Å². The number of hydrogen-bond acceptors (Lipinski definition) is 9. The Morgan fingerprint density at radius 1 is 1.30 bits per heavy atom. The van der Waals surface area contributed by atoms with Gasteiger partial charge in [0.25, 0.3) is 0 Å². The number of piperidine rings is 1. The van der Waals surface area contributed by atoms with E-state index in [0.717, 1.165) is 0 Å². The minimum absolute atomic E-state index is 0.000779. The van der Waals surface area contributed by atoms with E-state index in [1.165, 1.54) is 11.8 Å². The summed E-state index contributed by atoms with van der Waals surface area (Å²) in [4.78, 5) is 37.1. The number of esters is 1. The molecule has 2 heterocycles. The second kappa shape index (κ2) is 9.98. The molecule has 2 rings (SSSR count). The van der Waals surface area contributed by atoms with Crippen LogP contribution < -0.4 is 4.90 Å². The molecule has 1 aliphatic rings. The Bertz CT molecular complexity index is 826. The van der Waals surface area contributed by atoms with E-state index in [2.05, 4.69) is 9.97 Å². The molecule has 0 spiro atoms. The van der Waals surface area contributed by atoms with E-state index in [0.29, 0.717) is 36.9 Å². The molecule has 1 aromatic heterocycles. The van der Waals surface area contributed by atoms with Crippen LogP contribution in [-0.2, 0) is 9.47 Å². The highest BCUT2D eigenvalue weighted by Gasteiger charge is 2.32. The summed E-state index contributed by atoms with van der Waals surface area (Å²) in [6.45, 7) is 8.48. The number of amides is 1. The standard InChI is InChI=1S/C20H29N5O4S/c1-7-28-17(26)15-14(12-21)22-18(30-6)23-16(15)24(5)13-8-10-25(11-9-13)19(27)29-20(2,3)4/h13H,7-11H2,1-6H3. The summed E-state index contributed by atoms with van der Waals surface area (Å²) < 4.78 is 10.6. The lowest BCUT2D eigenvalue weighted by atomic mass is 10.0. The molecule has 0 aromatic carbocycles. The minimum Gasteiger partial charge on any atom is -0.462 e. The molecule has 1 aromatic rings. The Kier molecular flexibility index (Phi) is 7.89. The third kappa shape index (κ3) is 5.75. The number of hydrogen-bond donors (Lipinski definition) is 0. The van der Waals surface area contributed by atoms with E-state index < -0.39 is 11.6 Å². The van der Waals surface area contributed by atoms with Gasteiger partial charge in [-0.1, -0.05) is 11.8 Å². The molecule has 1 amide bonds. The number of anilines is 1. The molecule has 0 bridgehead atoms. The summed E-state index contributed by atoms with van der Waals surface area (Å²) in [6, 6.07) is 2.03. The molecular weight excluding hydrogens is 406 g/mol. The van der Waals surface area contributed by atoms with Gasteiger partial charge in [0.15, 0.2) is 10.9 Å². The lowest BCUT2D eigenvalue weighted by Crippen LogP contribution is -2.47. The summed E-state index contributed by atoms with van der Waals surface area (Å²) in [7, 11) is 1.84. The quantitative estimate of drug-likeness (QED) is 0.391. The van der Waals surface area contributed by atoms with Crippen molar-refractivity contribution in [1.82, 2.24) is 14.9 Å². The van der Waals surface area contributed by atoms with Gasteiger partial charge in [-0.2, -0.15) is 5.26 Å². The smallest absolute Gasteiger partial charge is 0.410 e. The van der Waals surface area contributed by atoms with E-state index in [4.69, 9.17) is 9.47 Å². The van der Waals surface area contributed by atoms with Crippen molar-refractivity contribution in [3.63, 3.8) is 0 Å². The van der Waals surface area contributed by atoms with E-state index in [-0.39, 0.29) is 30.0 Å². The van der Waals surface area contributed by atoms with Gasteiger partial charge in [-0.15, -0.1) is 0 Å². The van der Waals surface area contributed by atoms with Crippen molar-refractivity contribution in [2.75, 3.05) is 37.9 Å². The van der Waals surface area contributed by atoms with E-state index >= 15 is 0 Å². The summed E-state index contributed by atoms with van der Waals surface area (Å²) >= 11 is 1.30. The number of carbonyl (C=O) groups is 2. The number of ether oxygens (including phenoxy) is 2. The van der Waals surface area contributed by atoms with Crippen molar-refractivity contribution in [3.05, 3.63) is 11.3 Å². The third-order valence-corrected chi connectivity index (χ3v) is 5.18. The van der Waals surface area contributed by atoms with Crippen LogP contribution in [0.2, 0.25) is 0 Å². The topological polar surface area (TPSA) is 109 Å². The normalized spacial score (nSPS) is 14.8. The first kappa shape index (κ1) is 23.7. The Labute approximate surface area is 181 Å². The highest BCUT2D eigenvalue weighted by Crippen LogP contribution is 2.28. The van der Waals surface area contributed by atoms with Gasteiger partial charge in [-0.3, -0.25) is 0 Å². The van der Waals surface area contributed by atoms with Crippen LogP contribution in [0.25, 0.3) is 0 Å². The third-order valence-electron chi connectivity index (χ3n) is 4.64. The Morgan fingerprint density at radius 2 is 1.93 bits per heavy atom. The molecule has 0 atom stereocenters. The van der Waals surface area contributed by atoms with Crippen molar-refractivity contribution in [2.24, 2.45) is 0 Å². The van der Waals surface area contributed by atoms with Gasteiger partial charge in [0.1, 0.15) is 23.1 Å². The zero-order valence-electron chi connectivity index (χ0n) is 18.4. The number of aromatic nitrogens is 2. The Morgan fingerprint density at radius 3 is 2.43 bits per heavy atom. The molecule has 0 saturated carbocycles. The maximum absolute atomic E-state index is 12.6. The molecule has 30 heavy (non-hydrogen) atoms. The number of likely N-dealkylation sites (tertiary alicyclic amines) is 1. The molecule has 10 heteroatoms. The summed E-state index contributed by atoms with van der Waals surface area (Å²) in [6.07, 6.45) is 2.84. The molecular formula is C20H29N5O4S. The fraction of sp³-hybridized carbons (Fsp3) is 0.650. The number of nitrogens with zero attached hydrogens (tertiary/aromatic N) is 5. The minimum atomic E-state index is -0.616. The van der Waals surface area contributed by atoms with Crippen LogP contribution in [0.1, 0.15) is 56.6 Å². The second-order valence-electron chi connectivity index (χ2n) is 7.90. The first-order chi connectivity index (χ1) is 14.1. The molecule has 0 radical (unpaired) electrons. The van der Waals surface area contributed by atoms with Crippen LogP contribution in [0, 0.1) is 11.3 Å². The first-order valence-electron chi connectivity index (χ1n) is 9.85. The molecule has 1 saturated heterocycles. The van der Waals surface area contributed by atoms with Gasteiger partial charge in [0, 0.05) is 26.2 Å². The molecule has 164 valence electrons. The molecule has 0 unspecified atom stereocenters. The monoisotopic (exact) mass is 435 g/mol. The number of thioether (sulfide) groups is 1. The average molecular weight is 436 g/mol. The maximum atomic E-state index is 12.6. The zero-order chi connectivity index (χ0) is 22.5. The molecule has 0 N–H and O–H groups in total. The van der Waals surface area contributed by atoms with Crippen molar-refractivity contribution < 1.29 is 19.1 Å². The molecule has 9 nitrogen and oxygen atoms in total.